The van der Waals surface area contributed by atoms with E-state index in [0.717, 1.165) is 4.47 Å². The van der Waals surface area contributed by atoms with Crippen molar-refractivity contribution in [2.75, 3.05) is 0 Å². The molecule has 0 aliphatic carbocycles. The standard InChI is InChI=1S/C16H15BrOS/c1-12(18)11-16(13-5-3-2-4-6-13)19-15-9-7-14(17)8-10-15/h2-10,16H,11H2,1H3. The molecule has 0 aliphatic rings. The predicted molar refractivity (Wildman–Crippen MR) is 84.5 cm³/mol. The van der Waals surface area contributed by atoms with E-state index in [1.807, 2.05) is 30.3 Å². The zero-order valence-corrected chi connectivity index (χ0v) is 13.1. The fourth-order valence-electron chi connectivity index (χ4n) is 1.83. The molecule has 0 radical (unpaired) electrons. The molecule has 1 atom stereocenters. The Bertz CT molecular complexity index is 536. The maximum absolute atomic E-state index is 11.5. The lowest BCUT2D eigenvalue weighted by atomic mass is 10.1. The number of ketones is 1. The lowest BCUT2D eigenvalue weighted by molar-refractivity contribution is -0.117. The van der Waals surface area contributed by atoms with Crippen molar-refractivity contribution in [3.05, 3.63) is 64.6 Å². The van der Waals surface area contributed by atoms with Gasteiger partial charge in [0.2, 0.25) is 0 Å². The third-order valence-corrected chi connectivity index (χ3v) is 4.53. The van der Waals surface area contributed by atoms with E-state index in [1.54, 1.807) is 18.7 Å². The van der Waals surface area contributed by atoms with Gasteiger partial charge < -0.3 is 0 Å². The van der Waals surface area contributed by atoms with E-state index in [2.05, 4.69) is 40.2 Å². The van der Waals surface area contributed by atoms with E-state index in [1.165, 1.54) is 10.5 Å². The second-order valence-corrected chi connectivity index (χ2v) is 6.57. The predicted octanol–water partition coefficient (Wildman–Crippen LogP) is 5.26. The number of benzene rings is 2. The Labute approximate surface area is 126 Å². The SMILES string of the molecule is CC(=O)CC(Sc1ccc(Br)cc1)c1ccccc1. The Kier molecular flexibility index (Phi) is 5.23. The van der Waals surface area contributed by atoms with Crippen LogP contribution in [0.4, 0.5) is 0 Å². The number of carbonyl (C=O) groups excluding carboxylic acids is 1. The van der Waals surface area contributed by atoms with Gasteiger partial charge in [0.05, 0.1) is 0 Å². The average molecular weight is 335 g/mol. The van der Waals surface area contributed by atoms with Crippen molar-refractivity contribution in [2.45, 2.75) is 23.5 Å². The van der Waals surface area contributed by atoms with Gasteiger partial charge in [-0.1, -0.05) is 46.3 Å². The van der Waals surface area contributed by atoms with Gasteiger partial charge in [-0.25, -0.2) is 0 Å². The highest BCUT2D eigenvalue weighted by molar-refractivity contribution is 9.10. The molecule has 0 N–H and O–H groups in total. The Hall–Kier alpha value is -1.06. The van der Waals surface area contributed by atoms with Gasteiger partial charge in [0.1, 0.15) is 5.78 Å². The summed E-state index contributed by atoms with van der Waals surface area (Å²) in [7, 11) is 0. The molecular weight excluding hydrogens is 320 g/mol. The summed E-state index contributed by atoms with van der Waals surface area (Å²) in [6.45, 7) is 1.65. The first kappa shape index (κ1) is 14.4. The zero-order valence-electron chi connectivity index (χ0n) is 10.7. The van der Waals surface area contributed by atoms with Crippen molar-refractivity contribution < 1.29 is 4.79 Å². The van der Waals surface area contributed by atoms with Crippen LogP contribution < -0.4 is 0 Å². The van der Waals surface area contributed by atoms with Gasteiger partial charge in [0, 0.05) is 21.0 Å². The number of Topliss-reactive ketones (excluding diaryl/α,β-unsaturated/α-hetero) is 1. The topological polar surface area (TPSA) is 17.1 Å². The molecule has 2 rings (SSSR count). The van der Waals surface area contributed by atoms with E-state index in [0.29, 0.717) is 6.42 Å². The summed E-state index contributed by atoms with van der Waals surface area (Å²) in [4.78, 5) is 12.6. The molecule has 0 amide bonds. The Morgan fingerprint density at radius 2 is 1.74 bits per heavy atom. The van der Waals surface area contributed by atoms with Gasteiger partial charge >= 0.3 is 0 Å². The minimum Gasteiger partial charge on any atom is -0.300 e. The minimum absolute atomic E-state index is 0.180. The summed E-state index contributed by atoms with van der Waals surface area (Å²) >= 11 is 5.17. The summed E-state index contributed by atoms with van der Waals surface area (Å²) < 4.78 is 1.07. The van der Waals surface area contributed by atoms with E-state index >= 15 is 0 Å². The first-order valence-corrected chi connectivity index (χ1v) is 7.79. The zero-order chi connectivity index (χ0) is 13.7. The summed E-state index contributed by atoms with van der Waals surface area (Å²) in [6, 6.07) is 18.4. The first-order chi connectivity index (χ1) is 9.15. The molecule has 98 valence electrons. The number of thioether (sulfide) groups is 1. The molecule has 3 heteroatoms. The number of halogens is 1. The highest BCUT2D eigenvalue weighted by atomic mass is 79.9. The van der Waals surface area contributed by atoms with Gasteiger partial charge in [-0.05, 0) is 36.8 Å². The smallest absolute Gasteiger partial charge is 0.131 e. The van der Waals surface area contributed by atoms with Crippen molar-refractivity contribution in [3.8, 4) is 0 Å². The van der Waals surface area contributed by atoms with E-state index in [4.69, 9.17) is 0 Å². The van der Waals surface area contributed by atoms with Gasteiger partial charge in [-0.2, -0.15) is 0 Å². The van der Waals surface area contributed by atoms with Gasteiger partial charge in [-0.3, -0.25) is 4.79 Å². The molecule has 0 bridgehead atoms. The summed E-state index contributed by atoms with van der Waals surface area (Å²) in [6.07, 6.45) is 0.560. The van der Waals surface area contributed by atoms with Crippen LogP contribution in [0.1, 0.15) is 24.2 Å². The molecule has 0 aromatic heterocycles. The molecule has 0 aliphatic heterocycles. The van der Waals surface area contributed by atoms with Crippen LogP contribution in [0.5, 0.6) is 0 Å². The normalized spacial score (nSPS) is 12.1. The van der Waals surface area contributed by atoms with Crippen LogP contribution in [0, 0.1) is 0 Å². The number of rotatable bonds is 5. The molecule has 0 saturated carbocycles. The molecule has 0 saturated heterocycles. The highest BCUT2D eigenvalue weighted by Crippen LogP contribution is 2.38. The molecule has 0 spiro atoms. The van der Waals surface area contributed by atoms with Crippen LogP contribution in [0.15, 0.2) is 64.0 Å². The molecular formula is C16H15BrOS. The van der Waals surface area contributed by atoms with Crippen LogP contribution >= 0.6 is 27.7 Å². The molecule has 0 fully saturated rings. The lowest BCUT2D eigenvalue weighted by Crippen LogP contribution is -2.00. The van der Waals surface area contributed by atoms with Crippen LogP contribution in [0.25, 0.3) is 0 Å². The molecule has 0 heterocycles. The quantitative estimate of drug-likeness (QED) is 0.693. The number of hydrogen-bond acceptors (Lipinski definition) is 2. The fourth-order valence-corrected chi connectivity index (χ4v) is 3.33. The van der Waals surface area contributed by atoms with E-state index in [-0.39, 0.29) is 11.0 Å². The first-order valence-electron chi connectivity index (χ1n) is 6.12. The maximum atomic E-state index is 11.5. The van der Waals surface area contributed by atoms with Gasteiger partial charge in [0.15, 0.2) is 0 Å². The van der Waals surface area contributed by atoms with Crippen LogP contribution in [0.3, 0.4) is 0 Å². The fraction of sp³-hybridized carbons (Fsp3) is 0.188. The molecule has 2 aromatic carbocycles. The van der Waals surface area contributed by atoms with Crippen molar-refractivity contribution >= 4 is 33.5 Å². The van der Waals surface area contributed by atoms with Crippen molar-refractivity contribution in [3.63, 3.8) is 0 Å². The number of carbonyl (C=O) groups is 1. The lowest BCUT2D eigenvalue weighted by Gasteiger charge is -2.15. The third kappa shape index (κ3) is 4.51. The second kappa shape index (κ2) is 6.92. The monoisotopic (exact) mass is 334 g/mol. The second-order valence-electron chi connectivity index (χ2n) is 4.38. The Balaban J connectivity index is 2.19. The number of hydrogen-bond donors (Lipinski definition) is 0. The summed E-state index contributed by atoms with van der Waals surface area (Å²) in [5.41, 5.74) is 1.20. The van der Waals surface area contributed by atoms with Crippen LogP contribution in [0.2, 0.25) is 0 Å². The third-order valence-electron chi connectivity index (χ3n) is 2.74. The maximum Gasteiger partial charge on any atom is 0.131 e. The highest BCUT2D eigenvalue weighted by Gasteiger charge is 2.15. The Morgan fingerprint density at radius 1 is 1.11 bits per heavy atom. The molecule has 1 unspecified atom stereocenters. The van der Waals surface area contributed by atoms with Gasteiger partial charge in [0.25, 0.3) is 0 Å². The van der Waals surface area contributed by atoms with E-state index < -0.39 is 0 Å². The molecule has 1 nitrogen and oxygen atoms in total. The largest absolute Gasteiger partial charge is 0.300 e. The summed E-state index contributed by atoms with van der Waals surface area (Å²) in [5, 5.41) is 0.180. The van der Waals surface area contributed by atoms with E-state index in [9.17, 15) is 4.79 Å². The van der Waals surface area contributed by atoms with Crippen LogP contribution in [-0.2, 0) is 4.79 Å². The average Bonchev–Trinajstić information content (AvgIpc) is 2.41. The van der Waals surface area contributed by atoms with Gasteiger partial charge in [-0.15, -0.1) is 11.8 Å². The molecule has 19 heavy (non-hydrogen) atoms. The Morgan fingerprint density at radius 3 is 2.32 bits per heavy atom. The van der Waals surface area contributed by atoms with Crippen molar-refractivity contribution in [1.29, 1.82) is 0 Å². The van der Waals surface area contributed by atoms with Crippen LogP contribution in [-0.4, -0.2) is 5.78 Å². The molecule has 2 aromatic rings. The minimum atomic E-state index is 0.180. The summed E-state index contributed by atoms with van der Waals surface area (Å²) in [5.74, 6) is 0.221. The van der Waals surface area contributed by atoms with Crippen molar-refractivity contribution in [2.24, 2.45) is 0 Å². The van der Waals surface area contributed by atoms with Crippen molar-refractivity contribution in [1.82, 2.24) is 0 Å².